The van der Waals surface area contributed by atoms with Gasteiger partial charge >= 0.3 is 0 Å². The second-order valence-corrected chi connectivity index (χ2v) is 11.6. The summed E-state index contributed by atoms with van der Waals surface area (Å²) in [6.07, 6.45) is 3.59. The summed E-state index contributed by atoms with van der Waals surface area (Å²) in [5.74, 6) is 0. The Bertz CT molecular complexity index is 1470. The van der Waals surface area contributed by atoms with Crippen molar-refractivity contribution < 1.29 is 0 Å². The van der Waals surface area contributed by atoms with Crippen LogP contribution in [0.4, 0.5) is 0 Å². The fraction of sp³-hybridized carbons (Fsp3) is 0. The van der Waals surface area contributed by atoms with Gasteiger partial charge in [0.1, 0.15) is 11.4 Å². The van der Waals surface area contributed by atoms with Gasteiger partial charge in [-0.25, -0.2) is 9.97 Å². The Hall–Kier alpha value is -2.26. The Balaban J connectivity index is 1.82. The van der Waals surface area contributed by atoms with Gasteiger partial charge in [-0.2, -0.15) is 0 Å². The van der Waals surface area contributed by atoms with Crippen LogP contribution in [0.5, 0.6) is 0 Å². The lowest BCUT2D eigenvalue weighted by molar-refractivity contribution is 1.31. The minimum atomic E-state index is 0.845. The summed E-state index contributed by atoms with van der Waals surface area (Å²) in [7, 11) is 0. The van der Waals surface area contributed by atoms with Gasteiger partial charge in [0.15, 0.2) is 0 Å². The molecule has 0 amide bonds. The van der Waals surface area contributed by atoms with Crippen LogP contribution in [-0.2, 0) is 0 Å². The first kappa shape index (κ1) is 18.5. The number of fused-ring (bicyclic) bond motifs is 6. The van der Waals surface area contributed by atoms with Crippen molar-refractivity contribution in [2.45, 2.75) is 0 Å². The molecule has 1 aromatic carbocycles. The molecule has 0 bridgehead atoms. The number of hydrogen-bond acceptors (Lipinski definition) is 6. The third-order valence-electron chi connectivity index (χ3n) is 4.86. The van der Waals surface area contributed by atoms with E-state index in [-0.39, 0.29) is 0 Å². The van der Waals surface area contributed by atoms with E-state index in [0.29, 0.717) is 0 Å². The van der Waals surface area contributed by atoms with Crippen molar-refractivity contribution >= 4 is 87.4 Å². The van der Waals surface area contributed by atoms with Crippen LogP contribution in [0.1, 0.15) is 0 Å². The molecule has 0 aliphatic carbocycles. The fourth-order valence-electron chi connectivity index (χ4n) is 3.61. The zero-order valence-electron chi connectivity index (χ0n) is 15.1. The van der Waals surface area contributed by atoms with Crippen LogP contribution in [0.2, 0.25) is 0 Å². The van der Waals surface area contributed by atoms with E-state index in [1.807, 2.05) is 36.4 Å². The second kappa shape index (κ2) is 7.16. The Morgan fingerprint density at radius 1 is 0.567 bits per heavy atom. The smallest absolute Gasteiger partial charge is 0.108 e. The van der Waals surface area contributed by atoms with Crippen molar-refractivity contribution in [3.05, 3.63) is 68.5 Å². The summed E-state index contributed by atoms with van der Waals surface area (Å²) in [6.45, 7) is 0. The predicted molar refractivity (Wildman–Crippen MR) is 132 cm³/mol. The molecule has 5 heterocycles. The minimum Gasteiger partial charge on any atom is -0.254 e. The van der Waals surface area contributed by atoms with E-state index < -0.39 is 0 Å². The highest BCUT2D eigenvalue weighted by Gasteiger charge is 2.20. The van der Waals surface area contributed by atoms with Gasteiger partial charge in [-0.05, 0) is 80.4 Å². The van der Waals surface area contributed by atoms with Gasteiger partial charge in [-0.1, -0.05) is 0 Å². The van der Waals surface area contributed by atoms with Gasteiger partial charge in [0.25, 0.3) is 0 Å². The number of nitrogens with zero attached hydrogens (tertiary/aromatic N) is 4. The number of benzene rings is 1. The summed E-state index contributed by atoms with van der Waals surface area (Å²) >= 11 is 10.5. The first-order valence-corrected chi connectivity index (χ1v) is 12.3. The number of thiophene rings is 2. The topological polar surface area (TPSA) is 51.6 Å². The van der Waals surface area contributed by atoms with Crippen molar-refractivity contribution in [3.63, 3.8) is 0 Å². The third-order valence-corrected chi connectivity index (χ3v) is 8.12. The molecule has 6 aromatic rings. The molecule has 144 valence electrons. The SMILES string of the molecule is Brc1ccc(-c2nc3c4cccnc4c4ncccc4c3nc2-c2ccc(Br)s2)s1. The molecular weight excluding hydrogens is 544 g/mol. The molecule has 8 heteroatoms. The molecule has 0 radical (unpaired) electrons. The maximum absolute atomic E-state index is 5.17. The van der Waals surface area contributed by atoms with E-state index in [2.05, 4.69) is 54.0 Å². The normalized spacial score (nSPS) is 11.7. The quantitative estimate of drug-likeness (QED) is 0.206. The summed E-state index contributed by atoms with van der Waals surface area (Å²) < 4.78 is 2.12. The van der Waals surface area contributed by atoms with Gasteiger partial charge in [-0.3, -0.25) is 9.97 Å². The lowest BCUT2D eigenvalue weighted by Crippen LogP contribution is -1.97. The van der Waals surface area contributed by atoms with Crippen LogP contribution >= 0.6 is 54.5 Å². The molecule has 5 aromatic heterocycles. The van der Waals surface area contributed by atoms with E-state index in [1.165, 1.54) is 0 Å². The predicted octanol–water partition coefficient (Wildman–Crippen LogP) is 7.71. The van der Waals surface area contributed by atoms with Crippen LogP contribution in [-0.4, -0.2) is 19.9 Å². The van der Waals surface area contributed by atoms with Crippen molar-refractivity contribution in [2.24, 2.45) is 0 Å². The number of pyridine rings is 2. The second-order valence-electron chi connectivity index (χ2n) is 6.62. The van der Waals surface area contributed by atoms with Crippen molar-refractivity contribution in [3.8, 4) is 21.1 Å². The van der Waals surface area contributed by atoms with E-state index >= 15 is 0 Å². The van der Waals surface area contributed by atoms with Gasteiger partial charge in [0.05, 0.1) is 39.4 Å². The van der Waals surface area contributed by atoms with E-state index in [9.17, 15) is 0 Å². The largest absolute Gasteiger partial charge is 0.254 e. The van der Waals surface area contributed by atoms with E-state index in [0.717, 1.165) is 61.6 Å². The Labute approximate surface area is 195 Å². The molecular formula is C22H10Br2N4S2. The van der Waals surface area contributed by atoms with Gasteiger partial charge < -0.3 is 0 Å². The standard InChI is InChI=1S/C22H10Br2N4S2/c23-15-7-5-13(29-15)21-22(14-6-8-16(24)30-14)28-20-12-4-2-10-26-18(12)17-11(19(20)27-21)3-1-9-25-17/h1-10H. The molecule has 0 saturated heterocycles. The Morgan fingerprint density at radius 2 is 1.03 bits per heavy atom. The van der Waals surface area contributed by atoms with Crippen LogP contribution < -0.4 is 0 Å². The summed E-state index contributed by atoms with van der Waals surface area (Å²) in [4.78, 5) is 21.7. The highest BCUT2D eigenvalue weighted by Crippen LogP contribution is 2.41. The van der Waals surface area contributed by atoms with E-state index in [1.54, 1.807) is 35.1 Å². The summed E-state index contributed by atoms with van der Waals surface area (Å²) in [5.41, 5.74) is 5.14. The van der Waals surface area contributed by atoms with E-state index in [4.69, 9.17) is 9.97 Å². The molecule has 4 nitrogen and oxygen atoms in total. The summed E-state index contributed by atoms with van der Waals surface area (Å²) in [6, 6.07) is 16.2. The summed E-state index contributed by atoms with van der Waals surface area (Å²) in [5, 5.41) is 1.92. The number of rotatable bonds is 2. The number of halogens is 2. The first-order valence-electron chi connectivity index (χ1n) is 9.03. The Kier molecular flexibility index (Phi) is 4.42. The molecule has 0 spiro atoms. The van der Waals surface area contributed by atoms with Gasteiger partial charge in [0.2, 0.25) is 0 Å². The molecule has 0 aliphatic rings. The maximum atomic E-state index is 5.17. The van der Waals surface area contributed by atoms with Crippen LogP contribution in [0.25, 0.3) is 54.0 Å². The highest BCUT2D eigenvalue weighted by molar-refractivity contribution is 9.11. The average molecular weight is 554 g/mol. The first-order chi connectivity index (χ1) is 14.7. The molecule has 0 aliphatic heterocycles. The monoisotopic (exact) mass is 552 g/mol. The van der Waals surface area contributed by atoms with Crippen LogP contribution in [0.3, 0.4) is 0 Å². The molecule has 0 N–H and O–H groups in total. The highest BCUT2D eigenvalue weighted by atomic mass is 79.9. The molecule has 0 atom stereocenters. The fourth-order valence-corrected chi connectivity index (χ4v) is 6.36. The average Bonchev–Trinajstić information content (AvgIpc) is 3.41. The zero-order chi connectivity index (χ0) is 20.2. The molecule has 0 unspecified atom stereocenters. The molecule has 30 heavy (non-hydrogen) atoms. The number of aromatic nitrogens is 4. The van der Waals surface area contributed by atoms with Gasteiger partial charge in [0, 0.05) is 23.2 Å². The molecule has 0 saturated carbocycles. The Morgan fingerprint density at radius 3 is 1.43 bits per heavy atom. The minimum absolute atomic E-state index is 0.845. The van der Waals surface area contributed by atoms with Crippen molar-refractivity contribution in [1.29, 1.82) is 0 Å². The lowest BCUT2D eigenvalue weighted by Gasteiger charge is -2.11. The van der Waals surface area contributed by atoms with Gasteiger partial charge in [-0.15, -0.1) is 22.7 Å². The van der Waals surface area contributed by atoms with Crippen molar-refractivity contribution in [2.75, 3.05) is 0 Å². The van der Waals surface area contributed by atoms with Crippen LogP contribution in [0, 0.1) is 0 Å². The maximum Gasteiger partial charge on any atom is 0.108 e. The van der Waals surface area contributed by atoms with Crippen molar-refractivity contribution in [1.82, 2.24) is 19.9 Å². The number of hydrogen-bond donors (Lipinski definition) is 0. The van der Waals surface area contributed by atoms with Crippen LogP contribution in [0.15, 0.2) is 68.5 Å². The molecule has 6 rings (SSSR count). The zero-order valence-corrected chi connectivity index (χ0v) is 19.9. The lowest BCUT2D eigenvalue weighted by atomic mass is 10.1. The third kappa shape index (κ3) is 2.90. The molecule has 0 fully saturated rings.